The molecule has 1 aliphatic heterocycles. The molecule has 0 bridgehead atoms. The normalized spacial score (nSPS) is 24.8. The van der Waals surface area contributed by atoms with Gasteiger partial charge in [-0.05, 0) is 32.6 Å². The van der Waals surface area contributed by atoms with Gasteiger partial charge in [-0.3, -0.25) is 0 Å². The summed E-state index contributed by atoms with van der Waals surface area (Å²) in [4.78, 5) is 7.18. The zero-order chi connectivity index (χ0) is 13.3. The summed E-state index contributed by atoms with van der Waals surface area (Å²) in [7, 11) is 0. The van der Waals surface area contributed by atoms with Crippen molar-refractivity contribution in [2.75, 3.05) is 18.0 Å². The van der Waals surface area contributed by atoms with Crippen molar-refractivity contribution in [1.82, 2.24) is 10.3 Å². The van der Waals surface area contributed by atoms with Gasteiger partial charge in [0, 0.05) is 30.6 Å². The van der Waals surface area contributed by atoms with Gasteiger partial charge in [0.25, 0.3) is 0 Å². The zero-order valence-corrected chi connectivity index (χ0v) is 13.0. The minimum atomic E-state index is 0.153. The van der Waals surface area contributed by atoms with E-state index < -0.39 is 0 Å². The standard InChI is InChI=1S/C14H25N3S/c1-10-7-17(8-11(10)2)13-16-12(9-18-13)6-15-14(3,4)5/h9-11,15H,6-8H2,1-5H3. The molecule has 0 spiro atoms. The fourth-order valence-electron chi connectivity index (χ4n) is 2.16. The van der Waals surface area contributed by atoms with Gasteiger partial charge in [-0.2, -0.15) is 0 Å². The Balaban J connectivity index is 1.94. The van der Waals surface area contributed by atoms with E-state index in [9.17, 15) is 0 Å². The predicted octanol–water partition coefficient (Wildman–Crippen LogP) is 3.12. The number of anilines is 1. The monoisotopic (exact) mass is 267 g/mol. The molecule has 1 saturated heterocycles. The number of hydrogen-bond acceptors (Lipinski definition) is 4. The first-order valence-corrected chi connectivity index (χ1v) is 7.67. The van der Waals surface area contributed by atoms with Crippen LogP contribution in [0.5, 0.6) is 0 Å². The lowest BCUT2D eigenvalue weighted by molar-refractivity contribution is 0.422. The van der Waals surface area contributed by atoms with Gasteiger partial charge in [0.15, 0.2) is 5.13 Å². The third-order valence-corrected chi connectivity index (χ3v) is 4.55. The van der Waals surface area contributed by atoms with E-state index in [4.69, 9.17) is 4.98 Å². The topological polar surface area (TPSA) is 28.2 Å². The van der Waals surface area contributed by atoms with E-state index in [1.807, 2.05) is 0 Å². The Labute approximate surface area is 115 Å². The van der Waals surface area contributed by atoms with Crippen molar-refractivity contribution in [3.63, 3.8) is 0 Å². The molecule has 3 nitrogen and oxygen atoms in total. The molecule has 18 heavy (non-hydrogen) atoms. The van der Waals surface area contributed by atoms with Gasteiger partial charge >= 0.3 is 0 Å². The number of nitrogens with one attached hydrogen (secondary N) is 1. The lowest BCUT2D eigenvalue weighted by Gasteiger charge is -2.19. The second-order valence-electron chi connectivity index (χ2n) is 6.58. The minimum Gasteiger partial charge on any atom is -0.348 e. The summed E-state index contributed by atoms with van der Waals surface area (Å²) in [5.41, 5.74) is 1.32. The van der Waals surface area contributed by atoms with Crippen LogP contribution in [0.4, 0.5) is 5.13 Å². The Kier molecular flexibility index (Phi) is 3.97. The third kappa shape index (κ3) is 3.45. The lowest BCUT2D eigenvalue weighted by atomic mass is 10.0. The van der Waals surface area contributed by atoms with Crippen LogP contribution in [0.25, 0.3) is 0 Å². The van der Waals surface area contributed by atoms with E-state index in [0.29, 0.717) is 0 Å². The smallest absolute Gasteiger partial charge is 0.185 e. The van der Waals surface area contributed by atoms with Crippen LogP contribution < -0.4 is 10.2 Å². The van der Waals surface area contributed by atoms with Crippen LogP contribution in [0.2, 0.25) is 0 Å². The highest BCUT2D eigenvalue weighted by molar-refractivity contribution is 7.13. The van der Waals surface area contributed by atoms with Crippen LogP contribution in [0, 0.1) is 11.8 Å². The van der Waals surface area contributed by atoms with Crippen LogP contribution in [-0.2, 0) is 6.54 Å². The van der Waals surface area contributed by atoms with Crippen molar-refractivity contribution >= 4 is 16.5 Å². The number of nitrogens with zero attached hydrogens (tertiary/aromatic N) is 2. The molecule has 102 valence electrons. The molecular weight excluding hydrogens is 242 g/mol. The molecule has 0 radical (unpaired) electrons. The van der Waals surface area contributed by atoms with Crippen molar-refractivity contribution in [1.29, 1.82) is 0 Å². The Hall–Kier alpha value is -0.610. The predicted molar refractivity (Wildman–Crippen MR) is 79.2 cm³/mol. The SMILES string of the molecule is CC1CN(c2nc(CNC(C)(C)C)cs2)CC1C. The molecule has 2 heterocycles. The molecule has 1 N–H and O–H groups in total. The summed E-state index contributed by atoms with van der Waals surface area (Å²) >= 11 is 1.78. The Morgan fingerprint density at radius 1 is 1.33 bits per heavy atom. The molecule has 0 amide bonds. The quantitative estimate of drug-likeness (QED) is 0.912. The van der Waals surface area contributed by atoms with E-state index >= 15 is 0 Å². The molecule has 1 aromatic heterocycles. The largest absolute Gasteiger partial charge is 0.348 e. The Morgan fingerprint density at radius 3 is 2.50 bits per heavy atom. The molecule has 2 unspecified atom stereocenters. The van der Waals surface area contributed by atoms with Gasteiger partial charge in [-0.1, -0.05) is 13.8 Å². The number of thiazole rings is 1. The maximum Gasteiger partial charge on any atom is 0.185 e. The van der Waals surface area contributed by atoms with Crippen molar-refractivity contribution in [3.8, 4) is 0 Å². The van der Waals surface area contributed by atoms with Gasteiger partial charge in [-0.25, -0.2) is 4.98 Å². The first kappa shape index (κ1) is 13.8. The average Bonchev–Trinajstić information content (AvgIpc) is 2.83. The molecule has 1 aliphatic rings. The lowest BCUT2D eigenvalue weighted by Crippen LogP contribution is -2.35. The summed E-state index contributed by atoms with van der Waals surface area (Å²) in [6, 6.07) is 0. The highest BCUT2D eigenvalue weighted by Crippen LogP contribution is 2.29. The van der Waals surface area contributed by atoms with Gasteiger partial charge in [0.2, 0.25) is 0 Å². The molecule has 0 aliphatic carbocycles. The van der Waals surface area contributed by atoms with Crippen molar-refractivity contribution < 1.29 is 0 Å². The van der Waals surface area contributed by atoms with E-state index in [-0.39, 0.29) is 5.54 Å². The summed E-state index contributed by atoms with van der Waals surface area (Å²) in [6.45, 7) is 14.4. The van der Waals surface area contributed by atoms with Crippen LogP contribution in [0.3, 0.4) is 0 Å². The number of rotatable bonds is 3. The maximum absolute atomic E-state index is 4.75. The van der Waals surface area contributed by atoms with E-state index in [2.05, 4.69) is 50.2 Å². The molecule has 2 atom stereocenters. The molecule has 1 aromatic rings. The van der Waals surface area contributed by atoms with Crippen LogP contribution in [0.1, 0.15) is 40.3 Å². The van der Waals surface area contributed by atoms with Crippen molar-refractivity contribution in [3.05, 3.63) is 11.1 Å². The van der Waals surface area contributed by atoms with Crippen LogP contribution in [-0.4, -0.2) is 23.6 Å². The van der Waals surface area contributed by atoms with Gasteiger partial charge in [0.05, 0.1) is 5.69 Å². The van der Waals surface area contributed by atoms with Gasteiger partial charge in [0.1, 0.15) is 0 Å². The highest BCUT2D eigenvalue weighted by atomic mass is 32.1. The fourth-order valence-corrected chi connectivity index (χ4v) is 3.01. The highest BCUT2D eigenvalue weighted by Gasteiger charge is 2.27. The van der Waals surface area contributed by atoms with Crippen molar-refractivity contribution in [2.45, 2.75) is 46.7 Å². The second kappa shape index (κ2) is 5.17. The molecular formula is C14H25N3S. The molecule has 4 heteroatoms. The van der Waals surface area contributed by atoms with Gasteiger partial charge in [-0.15, -0.1) is 11.3 Å². The number of hydrogen-bond donors (Lipinski definition) is 1. The average molecular weight is 267 g/mol. The summed E-state index contributed by atoms with van der Waals surface area (Å²) in [6.07, 6.45) is 0. The van der Waals surface area contributed by atoms with Gasteiger partial charge < -0.3 is 10.2 Å². The first-order valence-electron chi connectivity index (χ1n) is 6.79. The van der Waals surface area contributed by atoms with E-state index in [0.717, 1.165) is 37.2 Å². The summed E-state index contributed by atoms with van der Waals surface area (Å²) in [5, 5.41) is 6.86. The Morgan fingerprint density at radius 2 is 1.94 bits per heavy atom. The minimum absolute atomic E-state index is 0.153. The number of aromatic nitrogens is 1. The zero-order valence-electron chi connectivity index (χ0n) is 12.2. The summed E-state index contributed by atoms with van der Waals surface area (Å²) in [5.74, 6) is 1.56. The fraction of sp³-hybridized carbons (Fsp3) is 0.786. The van der Waals surface area contributed by atoms with E-state index in [1.165, 1.54) is 5.13 Å². The first-order chi connectivity index (χ1) is 8.35. The van der Waals surface area contributed by atoms with Crippen LogP contribution >= 0.6 is 11.3 Å². The van der Waals surface area contributed by atoms with Crippen molar-refractivity contribution in [2.24, 2.45) is 11.8 Å². The molecule has 0 aromatic carbocycles. The second-order valence-corrected chi connectivity index (χ2v) is 7.42. The summed E-state index contributed by atoms with van der Waals surface area (Å²) < 4.78 is 0. The molecule has 1 fully saturated rings. The van der Waals surface area contributed by atoms with Crippen LogP contribution in [0.15, 0.2) is 5.38 Å². The van der Waals surface area contributed by atoms with E-state index in [1.54, 1.807) is 11.3 Å². The maximum atomic E-state index is 4.75. The molecule has 0 saturated carbocycles. The third-order valence-electron chi connectivity index (χ3n) is 3.60. The Bertz CT molecular complexity index is 384. The molecule has 2 rings (SSSR count).